The van der Waals surface area contributed by atoms with Gasteiger partial charge in [-0.2, -0.15) is 0 Å². The van der Waals surface area contributed by atoms with Gasteiger partial charge >= 0.3 is 0 Å². The summed E-state index contributed by atoms with van der Waals surface area (Å²) >= 11 is 0. The first kappa shape index (κ1) is 23.6. The zero-order valence-electron chi connectivity index (χ0n) is 20.9. The van der Waals surface area contributed by atoms with E-state index in [-0.39, 0.29) is 5.56 Å². The normalized spacial score (nSPS) is 18.3. The number of nitrogens with two attached hydrogens (primary N) is 1. The van der Waals surface area contributed by atoms with Crippen molar-refractivity contribution in [1.82, 2.24) is 14.1 Å². The average Bonchev–Trinajstić information content (AvgIpc) is 3.21. The van der Waals surface area contributed by atoms with Gasteiger partial charge in [-0.25, -0.2) is 4.98 Å². The van der Waals surface area contributed by atoms with E-state index in [4.69, 9.17) is 10.7 Å². The van der Waals surface area contributed by atoms with Crippen LogP contribution in [-0.2, 0) is 19.5 Å². The molecule has 182 valence electrons. The molecule has 1 aliphatic rings. The monoisotopic (exact) mass is 468 g/mol. The van der Waals surface area contributed by atoms with Crippen LogP contribution in [0.3, 0.4) is 0 Å². The number of aryl methyl sites for hydroxylation is 1. The van der Waals surface area contributed by atoms with Crippen molar-refractivity contribution in [3.05, 3.63) is 88.1 Å². The molecule has 2 heterocycles. The average molecular weight is 469 g/mol. The summed E-state index contributed by atoms with van der Waals surface area (Å²) in [5.41, 5.74) is 10.1. The number of nitrogens with zero attached hydrogens (tertiary/aromatic N) is 3. The van der Waals surface area contributed by atoms with Crippen LogP contribution >= 0.6 is 0 Å². The number of rotatable bonds is 7. The Bertz CT molecular complexity index is 1420. The van der Waals surface area contributed by atoms with Gasteiger partial charge in [-0.15, -0.1) is 0 Å². The molecule has 2 unspecified atom stereocenters. The van der Waals surface area contributed by atoms with E-state index in [1.54, 1.807) is 0 Å². The van der Waals surface area contributed by atoms with Crippen LogP contribution in [0.4, 0.5) is 0 Å². The van der Waals surface area contributed by atoms with Crippen molar-refractivity contribution < 1.29 is 0 Å². The van der Waals surface area contributed by atoms with Gasteiger partial charge in [-0.3, -0.25) is 4.79 Å². The first-order valence-electron chi connectivity index (χ1n) is 12.9. The fraction of sp³-hybridized carbons (Fsp3) is 0.400. The molecule has 5 heteroatoms. The summed E-state index contributed by atoms with van der Waals surface area (Å²) in [7, 11) is 0. The van der Waals surface area contributed by atoms with Gasteiger partial charge < -0.3 is 14.9 Å². The van der Waals surface area contributed by atoms with Crippen molar-refractivity contribution in [1.29, 1.82) is 0 Å². The lowest BCUT2D eigenvalue weighted by Crippen LogP contribution is -2.28. The van der Waals surface area contributed by atoms with Crippen LogP contribution in [0.5, 0.6) is 0 Å². The number of aromatic nitrogens is 3. The smallest absolute Gasteiger partial charge is 0.277 e. The topological polar surface area (TPSA) is 65.8 Å². The number of imidazole rings is 1. The molecule has 2 aromatic carbocycles. The molecule has 0 aliphatic heterocycles. The number of allylic oxidation sites excluding steroid dienone is 2. The molecular weight excluding hydrogens is 432 g/mol. The van der Waals surface area contributed by atoms with Crippen molar-refractivity contribution in [3.63, 3.8) is 0 Å². The minimum absolute atomic E-state index is 0.0241. The molecule has 2 atom stereocenters. The highest BCUT2D eigenvalue weighted by atomic mass is 16.1. The molecule has 4 aromatic rings. The van der Waals surface area contributed by atoms with Gasteiger partial charge in [0.1, 0.15) is 11.3 Å². The number of pyridine rings is 1. The van der Waals surface area contributed by atoms with Crippen molar-refractivity contribution in [3.8, 4) is 0 Å². The van der Waals surface area contributed by atoms with Crippen LogP contribution in [0, 0.1) is 5.92 Å². The van der Waals surface area contributed by atoms with Crippen LogP contribution in [0.25, 0.3) is 21.8 Å². The molecule has 0 radical (unpaired) electrons. The molecule has 5 rings (SSSR count). The van der Waals surface area contributed by atoms with Gasteiger partial charge in [-0.05, 0) is 61.4 Å². The standard InChI is InChI=1S/C30H36N4O/c1-21(2)15-18-34-28(14-13-22-7-5-11-25(31)19-22)32-27-16-17-33(30(35)29(27)34)20-24-10-6-9-23-8-3-4-12-26(23)24/h3-4,6,8-10,12,15-17,22,25H,5,7,11,13-14,18-20,31H2,1-2H3. The lowest BCUT2D eigenvalue weighted by atomic mass is 9.83. The van der Waals surface area contributed by atoms with E-state index in [9.17, 15) is 4.79 Å². The molecule has 0 saturated heterocycles. The molecular formula is C30H36N4O. The molecule has 0 spiro atoms. The Morgan fingerprint density at radius 3 is 2.77 bits per heavy atom. The first-order valence-corrected chi connectivity index (χ1v) is 12.9. The van der Waals surface area contributed by atoms with E-state index in [0.717, 1.165) is 42.6 Å². The second kappa shape index (κ2) is 10.2. The fourth-order valence-electron chi connectivity index (χ4n) is 5.55. The van der Waals surface area contributed by atoms with Gasteiger partial charge in [0.2, 0.25) is 0 Å². The summed E-state index contributed by atoms with van der Waals surface area (Å²) < 4.78 is 3.97. The summed E-state index contributed by atoms with van der Waals surface area (Å²) in [4.78, 5) is 18.7. The Morgan fingerprint density at radius 2 is 1.94 bits per heavy atom. The number of benzene rings is 2. The van der Waals surface area contributed by atoms with E-state index < -0.39 is 0 Å². The van der Waals surface area contributed by atoms with E-state index in [2.05, 4.69) is 67.0 Å². The van der Waals surface area contributed by atoms with Gasteiger partial charge in [0.05, 0.1) is 12.1 Å². The van der Waals surface area contributed by atoms with E-state index >= 15 is 0 Å². The minimum atomic E-state index is 0.0241. The maximum absolute atomic E-state index is 13.8. The van der Waals surface area contributed by atoms with Crippen LogP contribution < -0.4 is 11.3 Å². The Balaban J connectivity index is 1.50. The molecule has 5 nitrogen and oxygen atoms in total. The molecule has 0 amide bonds. The molecule has 35 heavy (non-hydrogen) atoms. The summed E-state index contributed by atoms with van der Waals surface area (Å²) in [6, 6.07) is 17.0. The van der Waals surface area contributed by atoms with E-state index in [0.29, 0.717) is 30.6 Å². The zero-order valence-corrected chi connectivity index (χ0v) is 20.9. The van der Waals surface area contributed by atoms with Crippen LogP contribution in [0.1, 0.15) is 57.3 Å². The highest BCUT2D eigenvalue weighted by Crippen LogP contribution is 2.28. The lowest BCUT2D eigenvalue weighted by molar-refractivity contribution is 0.305. The molecule has 2 aromatic heterocycles. The Hall–Kier alpha value is -3.18. The summed E-state index contributed by atoms with van der Waals surface area (Å²) in [5, 5.41) is 2.38. The van der Waals surface area contributed by atoms with Crippen molar-refractivity contribution in [2.45, 2.75) is 71.5 Å². The minimum Gasteiger partial charge on any atom is -0.328 e. The second-order valence-corrected chi connectivity index (χ2v) is 10.4. The number of hydrogen-bond donors (Lipinski definition) is 1. The number of fused-ring (bicyclic) bond motifs is 2. The third kappa shape index (κ3) is 5.10. The van der Waals surface area contributed by atoms with Crippen molar-refractivity contribution in [2.24, 2.45) is 11.7 Å². The predicted octanol–water partition coefficient (Wildman–Crippen LogP) is 5.82. The van der Waals surface area contributed by atoms with Crippen LogP contribution in [0.15, 0.2) is 71.2 Å². The van der Waals surface area contributed by atoms with Gasteiger partial charge in [0.25, 0.3) is 5.56 Å². The Labute approximate surface area is 207 Å². The lowest BCUT2D eigenvalue weighted by Gasteiger charge is -2.26. The highest BCUT2D eigenvalue weighted by molar-refractivity contribution is 5.85. The van der Waals surface area contributed by atoms with E-state index in [1.165, 1.54) is 29.2 Å². The molecule has 1 fully saturated rings. The largest absolute Gasteiger partial charge is 0.328 e. The maximum atomic E-state index is 13.8. The summed E-state index contributed by atoms with van der Waals surface area (Å²) in [5.74, 6) is 1.66. The summed E-state index contributed by atoms with van der Waals surface area (Å²) in [6.45, 7) is 5.41. The third-order valence-corrected chi connectivity index (χ3v) is 7.45. The molecule has 0 bridgehead atoms. The molecule has 2 N–H and O–H groups in total. The second-order valence-electron chi connectivity index (χ2n) is 10.4. The van der Waals surface area contributed by atoms with Gasteiger partial charge in [0, 0.05) is 25.2 Å². The van der Waals surface area contributed by atoms with E-state index in [1.807, 2.05) is 16.8 Å². The molecule has 1 aliphatic carbocycles. The van der Waals surface area contributed by atoms with Gasteiger partial charge in [-0.1, -0.05) is 67.0 Å². The van der Waals surface area contributed by atoms with Gasteiger partial charge in [0.15, 0.2) is 0 Å². The number of hydrogen-bond acceptors (Lipinski definition) is 3. The Kier molecular flexibility index (Phi) is 6.87. The predicted molar refractivity (Wildman–Crippen MR) is 145 cm³/mol. The third-order valence-electron chi connectivity index (χ3n) is 7.45. The fourth-order valence-corrected chi connectivity index (χ4v) is 5.55. The molecule has 1 saturated carbocycles. The van der Waals surface area contributed by atoms with Crippen molar-refractivity contribution in [2.75, 3.05) is 0 Å². The van der Waals surface area contributed by atoms with Crippen molar-refractivity contribution >= 4 is 21.8 Å². The van der Waals surface area contributed by atoms with Crippen LogP contribution in [0.2, 0.25) is 0 Å². The quantitative estimate of drug-likeness (QED) is 0.348. The van der Waals surface area contributed by atoms with Crippen LogP contribution in [-0.4, -0.2) is 20.2 Å². The SMILES string of the molecule is CC(C)=CCn1c(CCC2CCCC(N)C2)nc2ccn(Cc3cccc4ccccc34)c(=O)c21. The Morgan fingerprint density at radius 1 is 1.11 bits per heavy atom. The first-order chi connectivity index (χ1) is 17.0. The summed E-state index contributed by atoms with van der Waals surface area (Å²) in [6.07, 6.45) is 10.8. The highest BCUT2D eigenvalue weighted by Gasteiger charge is 2.21. The maximum Gasteiger partial charge on any atom is 0.277 e. The zero-order chi connectivity index (χ0) is 24.4.